The maximum atomic E-state index is 5.97. The van der Waals surface area contributed by atoms with Gasteiger partial charge in [0.2, 0.25) is 0 Å². The van der Waals surface area contributed by atoms with Crippen molar-refractivity contribution in [3.63, 3.8) is 0 Å². The van der Waals surface area contributed by atoms with E-state index in [1.54, 1.807) is 19.4 Å². The normalized spacial score (nSPS) is 14.9. The average Bonchev–Trinajstić information content (AvgIpc) is 2.89. The minimum absolute atomic E-state index is 0.307. The summed E-state index contributed by atoms with van der Waals surface area (Å²) < 4.78 is 13.8. The first-order valence-corrected chi connectivity index (χ1v) is 5.36. The predicted molar refractivity (Wildman–Crippen MR) is 56.6 cm³/mol. The summed E-state index contributed by atoms with van der Waals surface area (Å²) in [6, 6.07) is 0. The van der Waals surface area contributed by atoms with E-state index in [0.29, 0.717) is 24.0 Å². The molecule has 86 valence electrons. The van der Waals surface area contributed by atoms with Gasteiger partial charge in [0.05, 0.1) is 6.61 Å². The van der Waals surface area contributed by atoms with Gasteiger partial charge in [0.1, 0.15) is 5.54 Å². The molecule has 2 heterocycles. The summed E-state index contributed by atoms with van der Waals surface area (Å²) in [4.78, 5) is 4.16. The summed E-state index contributed by atoms with van der Waals surface area (Å²) in [6.07, 6.45) is 0. The highest BCUT2D eigenvalue weighted by atomic mass is 32.1. The number of aromatic nitrogens is 4. The highest BCUT2D eigenvalue weighted by molar-refractivity contribution is 7.03. The molecular formula is C8H11N5O2S. The van der Waals surface area contributed by atoms with Gasteiger partial charge in [0.15, 0.2) is 11.5 Å². The molecule has 2 N–H and O–H groups in total. The molecule has 0 bridgehead atoms. The summed E-state index contributed by atoms with van der Waals surface area (Å²) in [5.74, 6) is 0.703. The maximum Gasteiger partial charge on any atom is 0.279 e. The first-order valence-electron chi connectivity index (χ1n) is 4.53. The zero-order valence-corrected chi connectivity index (χ0v) is 9.69. The maximum absolute atomic E-state index is 5.97. The van der Waals surface area contributed by atoms with Crippen LogP contribution < -0.4 is 5.73 Å². The van der Waals surface area contributed by atoms with Crippen LogP contribution in [0.25, 0.3) is 11.6 Å². The second-order valence-corrected chi connectivity index (χ2v) is 4.17. The summed E-state index contributed by atoms with van der Waals surface area (Å²) >= 11 is 1.22. The molecule has 2 aromatic heterocycles. The van der Waals surface area contributed by atoms with E-state index in [1.165, 1.54) is 11.5 Å². The van der Waals surface area contributed by atoms with Crippen molar-refractivity contribution in [3.05, 3.63) is 11.2 Å². The molecule has 0 saturated carbocycles. The van der Waals surface area contributed by atoms with Crippen molar-refractivity contribution in [1.82, 2.24) is 19.7 Å². The molecular weight excluding hydrogens is 230 g/mol. The van der Waals surface area contributed by atoms with Crippen LogP contribution >= 0.6 is 11.5 Å². The number of nitrogens with two attached hydrogens (primary N) is 1. The van der Waals surface area contributed by atoms with E-state index >= 15 is 0 Å². The average molecular weight is 241 g/mol. The van der Waals surface area contributed by atoms with Gasteiger partial charge in [0, 0.05) is 12.5 Å². The molecule has 0 aliphatic carbocycles. The van der Waals surface area contributed by atoms with E-state index in [4.69, 9.17) is 15.0 Å². The third kappa shape index (κ3) is 2.08. The van der Waals surface area contributed by atoms with Crippen LogP contribution in [0.4, 0.5) is 0 Å². The molecule has 7 nitrogen and oxygen atoms in total. The number of nitrogens with zero attached hydrogens (tertiary/aromatic N) is 4. The van der Waals surface area contributed by atoms with Crippen LogP contribution in [0.1, 0.15) is 12.7 Å². The predicted octanol–water partition coefficient (Wildman–Crippen LogP) is 0.408. The molecule has 0 aliphatic heterocycles. The molecule has 1 atom stereocenters. The summed E-state index contributed by atoms with van der Waals surface area (Å²) in [7, 11) is 1.57. The minimum atomic E-state index is -0.778. The topological polar surface area (TPSA) is 100.0 Å². The number of rotatable bonds is 4. The van der Waals surface area contributed by atoms with E-state index < -0.39 is 5.54 Å². The second kappa shape index (κ2) is 4.24. The van der Waals surface area contributed by atoms with Crippen molar-refractivity contribution in [2.45, 2.75) is 12.5 Å². The first kappa shape index (κ1) is 11.1. The fourth-order valence-electron chi connectivity index (χ4n) is 1.18. The van der Waals surface area contributed by atoms with Gasteiger partial charge in [-0.25, -0.2) is 0 Å². The molecule has 8 heteroatoms. The lowest BCUT2D eigenvalue weighted by Gasteiger charge is -2.18. The largest absolute Gasteiger partial charge is 0.382 e. The Morgan fingerprint density at radius 3 is 3.06 bits per heavy atom. The Bertz CT molecular complexity index is 453. The molecule has 2 rings (SSSR count). The number of hydrogen-bond donors (Lipinski definition) is 1. The highest BCUT2D eigenvalue weighted by Gasteiger charge is 2.28. The fraction of sp³-hybridized carbons (Fsp3) is 0.500. The molecule has 2 aromatic rings. The van der Waals surface area contributed by atoms with Crippen LogP contribution in [0.3, 0.4) is 0 Å². The monoisotopic (exact) mass is 241 g/mol. The van der Waals surface area contributed by atoms with Crippen LogP contribution in [0.2, 0.25) is 0 Å². The zero-order chi connectivity index (χ0) is 11.6. The van der Waals surface area contributed by atoms with Gasteiger partial charge >= 0.3 is 0 Å². The summed E-state index contributed by atoms with van der Waals surface area (Å²) in [6.45, 7) is 2.08. The smallest absolute Gasteiger partial charge is 0.279 e. The van der Waals surface area contributed by atoms with Crippen molar-refractivity contribution >= 4 is 11.5 Å². The standard InChI is InChI=1S/C8H11N5O2S/c1-8(9,4-14-2)7-10-6(15-12-7)5-3-16-13-11-5/h3H,4,9H2,1-2H3. The lowest BCUT2D eigenvalue weighted by molar-refractivity contribution is 0.135. The molecule has 0 fully saturated rings. The molecule has 0 spiro atoms. The lowest BCUT2D eigenvalue weighted by atomic mass is 10.1. The number of hydrogen-bond acceptors (Lipinski definition) is 8. The van der Waals surface area contributed by atoms with Crippen LogP contribution in [0.15, 0.2) is 9.90 Å². The van der Waals surface area contributed by atoms with E-state index in [0.717, 1.165) is 0 Å². The van der Waals surface area contributed by atoms with E-state index in [-0.39, 0.29) is 0 Å². The van der Waals surface area contributed by atoms with Gasteiger partial charge in [0.25, 0.3) is 5.89 Å². The molecule has 1 unspecified atom stereocenters. The van der Waals surface area contributed by atoms with E-state index in [9.17, 15) is 0 Å². The summed E-state index contributed by atoms with van der Waals surface area (Å²) in [5.41, 5.74) is 5.75. The van der Waals surface area contributed by atoms with Crippen LogP contribution in [0.5, 0.6) is 0 Å². The van der Waals surface area contributed by atoms with Gasteiger partial charge in [-0.15, -0.1) is 5.10 Å². The van der Waals surface area contributed by atoms with Crippen LogP contribution in [-0.2, 0) is 10.3 Å². The van der Waals surface area contributed by atoms with Gasteiger partial charge in [-0.1, -0.05) is 9.64 Å². The van der Waals surface area contributed by atoms with Gasteiger partial charge in [-0.2, -0.15) is 4.98 Å². The van der Waals surface area contributed by atoms with Crippen LogP contribution in [0, 0.1) is 0 Å². The van der Waals surface area contributed by atoms with Crippen LogP contribution in [-0.4, -0.2) is 33.4 Å². The zero-order valence-electron chi connectivity index (χ0n) is 8.88. The SMILES string of the molecule is COCC(C)(N)c1noc(-c2csnn2)n1. The van der Waals surface area contributed by atoms with E-state index in [1.807, 2.05) is 0 Å². The quantitative estimate of drug-likeness (QED) is 0.827. The molecule has 0 aliphatic rings. The number of ether oxygens (including phenoxy) is 1. The third-order valence-electron chi connectivity index (χ3n) is 1.96. The Kier molecular flexibility index (Phi) is 2.95. The lowest BCUT2D eigenvalue weighted by Crippen LogP contribution is -2.38. The first-order chi connectivity index (χ1) is 7.63. The Labute approximate surface area is 95.8 Å². The van der Waals surface area contributed by atoms with E-state index in [2.05, 4.69) is 19.7 Å². The highest BCUT2D eigenvalue weighted by Crippen LogP contribution is 2.20. The molecule has 0 radical (unpaired) electrons. The number of methoxy groups -OCH3 is 1. The summed E-state index contributed by atoms with van der Waals surface area (Å²) in [5, 5.41) is 9.36. The molecule has 0 amide bonds. The molecule has 0 saturated heterocycles. The van der Waals surface area contributed by atoms with Gasteiger partial charge in [-0.05, 0) is 18.5 Å². The van der Waals surface area contributed by atoms with Gasteiger partial charge < -0.3 is 15.0 Å². The van der Waals surface area contributed by atoms with Crippen molar-refractivity contribution in [2.75, 3.05) is 13.7 Å². The Morgan fingerprint density at radius 2 is 2.44 bits per heavy atom. The van der Waals surface area contributed by atoms with Crippen molar-refractivity contribution < 1.29 is 9.26 Å². The Hall–Kier alpha value is -1.38. The molecule has 16 heavy (non-hydrogen) atoms. The minimum Gasteiger partial charge on any atom is -0.382 e. The Morgan fingerprint density at radius 1 is 1.62 bits per heavy atom. The van der Waals surface area contributed by atoms with Crippen molar-refractivity contribution in [1.29, 1.82) is 0 Å². The van der Waals surface area contributed by atoms with Crippen molar-refractivity contribution in [3.8, 4) is 11.6 Å². The second-order valence-electron chi connectivity index (χ2n) is 3.56. The fourth-order valence-corrected chi connectivity index (χ4v) is 1.61. The Balaban J connectivity index is 2.26. The van der Waals surface area contributed by atoms with Crippen molar-refractivity contribution in [2.24, 2.45) is 5.73 Å². The third-order valence-corrected chi connectivity index (χ3v) is 2.46. The van der Waals surface area contributed by atoms with Gasteiger partial charge in [-0.3, -0.25) is 0 Å². The molecule has 0 aromatic carbocycles.